The first-order valence-electron chi connectivity index (χ1n) is 6.41. The van der Waals surface area contributed by atoms with Gasteiger partial charge in [-0.25, -0.2) is 0 Å². The maximum absolute atomic E-state index is 8.87. The van der Waals surface area contributed by atoms with Crippen molar-refractivity contribution < 1.29 is 9.47 Å². The second kappa shape index (κ2) is 8.65. The first kappa shape index (κ1) is 15.6. The van der Waals surface area contributed by atoms with E-state index in [2.05, 4.69) is 11.0 Å². The Kier molecular flexibility index (Phi) is 7.12. The second-order valence-corrected chi connectivity index (χ2v) is 4.51. The molecule has 104 valence electrons. The fourth-order valence-electron chi connectivity index (χ4n) is 1.89. The molecular weight excluding hydrogens is 240 g/mol. The minimum atomic E-state index is 0.707. The fraction of sp³-hybridized carbons (Fsp3) is 0.533. The zero-order chi connectivity index (χ0) is 14.1. The van der Waals surface area contributed by atoms with E-state index in [1.165, 1.54) is 5.56 Å². The molecule has 4 nitrogen and oxygen atoms in total. The lowest BCUT2D eigenvalue weighted by Crippen LogP contribution is -2.30. The van der Waals surface area contributed by atoms with Gasteiger partial charge < -0.3 is 9.47 Å². The van der Waals surface area contributed by atoms with E-state index in [4.69, 9.17) is 14.7 Å². The molecule has 0 aliphatic rings. The lowest BCUT2D eigenvalue weighted by atomic mass is 10.1. The van der Waals surface area contributed by atoms with E-state index >= 15 is 0 Å². The fourth-order valence-corrected chi connectivity index (χ4v) is 1.89. The van der Waals surface area contributed by atoms with E-state index in [1.54, 1.807) is 14.2 Å². The normalized spacial score (nSPS) is 10.7. The smallest absolute Gasteiger partial charge is 0.0991 e. The van der Waals surface area contributed by atoms with Crippen molar-refractivity contribution in [1.29, 1.82) is 5.26 Å². The van der Waals surface area contributed by atoms with Crippen molar-refractivity contribution in [2.24, 2.45) is 0 Å². The number of nitrogens with zero attached hydrogens (tertiary/aromatic N) is 2. The van der Waals surface area contributed by atoms with Crippen molar-refractivity contribution in [1.82, 2.24) is 4.90 Å². The molecule has 0 radical (unpaired) electrons. The molecule has 0 aliphatic carbocycles. The van der Waals surface area contributed by atoms with E-state index in [0.717, 1.165) is 25.2 Å². The van der Waals surface area contributed by atoms with Crippen molar-refractivity contribution in [3.63, 3.8) is 0 Å². The van der Waals surface area contributed by atoms with Gasteiger partial charge >= 0.3 is 0 Å². The Morgan fingerprint density at radius 1 is 1.16 bits per heavy atom. The average molecular weight is 262 g/mol. The molecule has 1 aromatic carbocycles. The van der Waals surface area contributed by atoms with Crippen LogP contribution in [-0.4, -0.2) is 45.4 Å². The van der Waals surface area contributed by atoms with Gasteiger partial charge in [-0.05, 0) is 30.2 Å². The van der Waals surface area contributed by atoms with Crippen LogP contribution in [0.3, 0.4) is 0 Å². The summed E-state index contributed by atoms with van der Waals surface area (Å²) >= 11 is 0. The highest BCUT2D eigenvalue weighted by Gasteiger charge is 2.08. The molecule has 0 atom stereocenters. The summed E-state index contributed by atoms with van der Waals surface area (Å²) in [6, 6.07) is 7.99. The minimum absolute atomic E-state index is 0.707. The molecule has 0 amide bonds. The number of methoxy groups -OCH3 is 2. The monoisotopic (exact) mass is 262 g/mol. The summed E-state index contributed by atoms with van der Waals surface area (Å²) in [5, 5.41) is 8.87. The van der Waals surface area contributed by atoms with Crippen LogP contribution in [-0.2, 0) is 16.0 Å². The minimum Gasteiger partial charge on any atom is -0.383 e. The largest absolute Gasteiger partial charge is 0.383 e. The molecule has 19 heavy (non-hydrogen) atoms. The molecule has 4 heteroatoms. The van der Waals surface area contributed by atoms with Crippen molar-refractivity contribution in [2.75, 3.05) is 40.5 Å². The molecule has 0 bridgehead atoms. The Bertz CT molecular complexity index is 419. The molecule has 0 aromatic heterocycles. The van der Waals surface area contributed by atoms with Crippen LogP contribution < -0.4 is 0 Å². The van der Waals surface area contributed by atoms with Gasteiger partial charge in [-0.2, -0.15) is 5.26 Å². The van der Waals surface area contributed by atoms with Crippen LogP contribution in [0.15, 0.2) is 18.2 Å². The maximum atomic E-state index is 8.87. The van der Waals surface area contributed by atoms with Crippen LogP contribution in [0.25, 0.3) is 0 Å². The number of nitriles is 1. The average Bonchev–Trinajstić information content (AvgIpc) is 2.43. The van der Waals surface area contributed by atoms with Gasteiger partial charge in [0, 0.05) is 33.9 Å². The van der Waals surface area contributed by atoms with Crippen LogP contribution >= 0.6 is 0 Å². The summed E-state index contributed by atoms with van der Waals surface area (Å²) in [6.07, 6.45) is 0. The maximum Gasteiger partial charge on any atom is 0.0991 e. The summed E-state index contributed by atoms with van der Waals surface area (Å²) in [6.45, 7) is 6.06. The molecule has 0 N–H and O–H groups in total. The number of hydrogen-bond acceptors (Lipinski definition) is 4. The Hall–Kier alpha value is -1.41. The molecule has 0 aliphatic heterocycles. The summed E-state index contributed by atoms with van der Waals surface area (Å²) in [7, 11) is 3.42. The molecule has 0 spiro atoms. The second-order valence-electron chi connectivity index (χ2n) is 4.51. The summed E-state index contributed by atoms with van der Waals surface area (Å²) in [4.78, 5) is 2.29. The summed E-state index contributed by atoms with van der Waals surface area (Å²) in [5.74, 6) is 0. The quantitative estimate of drug-likeness (QED) is 0.718. The number of hydrogen-bond donors (Lipinski definition) is 0. The van der Waals surface area contributed by atoms with Crippen LogP contribution in [0, 0.1) is 18.3 Å². The SMILES string of the molecule is COCCN(CCOC)Cc1ccc(C#N)cc1C. The predicted octanol–water partition coefficient (Wildman–Crippen LogP) is 1.96. The number of benzene rings is 1. The van der Waals surface area contributed by atoms with Crippen molar-refractivity contribution in [3.05, 3.63) is 34.9 Å². The van der Waals surface area contributed by atoms with Gasteiger partial charge in [-0.3, -0.25) is 4.90 Å². The molecule has 0 fully saturated rings. The van der Waals surface area contributed by atoms with E-state index in [1.807, 2.05) is 25.1 Å². The summed E-state index contributed by atoms with van der Waals surface area (Å²) in [5.41, 5.74) is 3.10. The Morgan fingerprint density at radius 3 is 2.26 bits per heavy atom. The lowest BCUT2D eigenvalue weighted by Gasteiger charge is -2.22. The van der Waals surface area contributed by atoms with E-state index in [-0.39, 0.29) is 0 Å². The first-order chi connectivity index (χ1) is 9.21. The number of ether oxygens (including phenoxy) is 2. The van der Waals surface area contributed by atoms with Gasteiger partial charge in [-0.1, -0.05) is 6.07 Å². The van der Waals surface area contributed by atoms with E-state index < -0.39 is 0 Å². The number of rotatable bonds is 8. The van der Waals surface area contributed by atoms with Gasteiger partial charge in [-0.15, -0.1) is 0 Å². The van der Waals surface area contributed by atoms with Crippen LogP contribution in [0.4, 0.5) is 0 Å². The molecule has 0 unspecified atom stereocenters. The van der Waals surface area contributed by atoms with Crippen LogP contribution in [0.1, 0.15) is 16.7 Å². The highest BCUT2D eigenvalue weighted by atomic mass is 16.5. The van der Waals surface area contributed by atoms with Crippen LogP contribution in [0.5, 0.6) is 0 Å². The third kappa shape index (κ3) is 5.39. The molecule has 0 saturated carbocycles. The van der Waals surface area contributed by atoms with E-state index in [9.17, 15) is 0 Å². The van der Waals surface area contributed by atoms with Crippen LogP contribution in [0.2, 0.25) is 0 Å². The molecule has 1 rings (SSSR count). The Morgan fingerprint density at radius 2 is 1.79 bits per heavy atom. The highest BCUT2D eigenvalue weighted by molar-refractivity contribution is 5.37. The van der Waals surface area contributed by atoms with Gasteiger partial charge in [0.1, 0.15) is 0 Å². The molecule has 1 aromatic rings. The Balaban J connectivity index is 2.69. The van der Waals surface area contributed by atoms with Crippen molar-refractivity contribution in [3.8, 4) is 6.07 Å². The number of aryl methyl sites for hydroxylation is 1. The van der Waals surface area contributed by atoms with E-state index in [0.29, 0.717) is 18.8 Å². The lowest BCUT2D eigenvalue weighted by molar-refractivity contribution is 0.110. The van der Waals surface area contributed by atoms with Crippen molar-refractivity contribution in [2.45, 2.75) is 13.5 Å². The van der Waals surface area contributed by atoms with Gasteiger partial charge in [0.15, 0.2) is 0 Å². The molecule has 0 saturated heterocycles. The zero-order valence-corrected chi connectivity index (χ0v) is 12.0. The molecular formula is C15H22N2O2. The zero-order valence-electron chi connectivity index (χ0n) is 12.0. The first-order valence-corrected chi connectivity index (χ1v) is 6.41. The molecule has 0 heterocycles. The standard InChI is InChI=1S/C15H22N2O2/c1-13-10-14(11-16)4-5-15(13)12-17(6-8-18-2)7-9-19-3/h4-5,10H,6-9,12H2,1-3H3. The van der Waals surface area contributed by atoms with Gasteiger partial charge in [0.25, 0.3) is 0 Å². The summed E-state index contributed by atoms with van der Waals surface area (Å²) < 4.78 is 10.3. The third-order valence-electron chi connectivity index (χ3n) is 3.09. The van der Waals surface area contributed by atoms with Gasteiger partial charge in [0.2, 0.25) is 0 Å². The third-order valence-corrected chi connectivity index (χ3v) is 3.09. The van der Waals surface area contributed by atoms with Gasteiger partial charge in [0.05, 0.1) is 24.8 Å². The predicted molar refractivity (Wildman–Crippen MR) is 74.9 cm³/mol. The Labute approximate surface area is 115 Å². The topological polar surface area (TPSA) is 45.5 Å². The van der Waals surface area contributed by atoms with Crippen molar-refractivity contribution >= 4 is 0 Å². The highest BCUT2D eigenvalue weighted by Crippen LogP contribution is 2.13.